The number of rotatable bonds is 2. The fourth-order valence-corrected chi connectivity index (χ4v) is 1.84. The number of amides is 1. The van der Waals surface area contributed by atoms with Gasteiger partial charge in [0.15, 0.2) is 5.78 Å². The largest absolute Gasteiger partial charge is 0.331 e. The monoisotopic (exact) mass is 241 g/mol. The molecule has 0 radical (unpaired) electrons. The Labute approximate surface area is 96.8 Å². The van der Waals surface area contributed by atoms with Gasteiger partial charge in [0.25, 0.3) is 0 Å². The van der Waals surface area contributed by atoms with Gasteiger partial charge in [-0.2, -0.15) is 0 Å². The van der Waals surface area contributed by atoms with Gasteiger partial charge in [-0.1, -0.05) is 23.7 Å². The third kappa shape index (κ3) is 2.07. The van der Waals surface area contributed by atoms with Crippen molar-refractivity contribution in [3.8, 4) is 0 Å². The summed E-state index contributed by atoms with van der Waals surface area (Å²) in [6.07, 6.45) is -0.0626. The summed E-state index contributed by atoms with van der Waals surface area (Å²) in [7, 11) is 0. The fourth-order valence-electron chi connectivity index (χ4n) is 1.66. The number of hydrogen-bond acceptors (Lipinski definition) is 2. The number of nitrogens with zero attached hydrogens (tertiary/aromatic N) is 1. The van der Waals surface area contributed by atoms with Crippen molar-refractivity contribution in [2.24, 2.45) is 0 Å². The highest BCUT2D eigenvalue weighted by molar-refractivity contribution is 6.31. The van der Waals surface area contributed by atoms with Gasteiger partial charge < -0.3 is 4.90 Å². The number of benzene rings is 1. The van der Waals surface area contributed by atoms with Crippen LogP contribution in [0.2, 0.25) is 5.02 Å². The zero-order chi connectivity index (χ0) is 11.7. The highest BCUT2D eigenvalue weighted by atomic mass is 35.5. The number of carbonyl (C=O) groups is 2. The van der Waals surface area contributed by atoms with E-state index in [1.54, 1.807) is 6.07 Å². The molecule has 1 aliphatic heterocycles. The first-order valence-electron chi connectivity index (χ1n) is 4.80. The summed E-state index contributed by atoms with van der Waals surface area (Å²) in [6.45, 7) is 0.271. The highest BCUT2D eigenvalue weighted by Gasteiger charge is 2.27. The number of halogens is 2. The van der Waals surface area contributed by atoms with Gasteiger partial charge in [0, 0.05) is 6.54 Å². The highest BCUT2D eigenvalue weighted by Crippen LogP contribution is 2.22. The minimum Gasteiger partial charge on any atom is -0.331 e. The molecule has 5 heteroatoms. The van der Waals surface area contributed by atoms with E-state index < -0.39 is 5.82 Å². The standard InChI is InChI=1S/C11H9ClFNO2/c12-11-7(2-1-3-9(11)13)5-14-6-8(15)4-10(14)16/h1-3H,4-6H2. The fraction of sp³-hybridized carbons (Fsp3) is 0.273. The van der Waals surface area contributed by atoms with Crippen LogP contribution in [-0.2, 0) is 16.1 Å². The SMILES string of the molecule is O=C1CC(=O)N(Cc2cccc(F)c2Cl)C1. The van der Waals surface area contributed by atoms with Crippen molar-refractivity contribution in [1.29, 1.82) is 0 Å². The molecule has 1 heterocycles. The Bertz CT molecular complexity index is 461. The molecule has 1 saturated heterocycles. The van der Waals surface area contributed by atoms with Crippen LogP contribution in [-0.4, -0.2) is 23.1 Å². The van der Waals surface area contributed by atoms with Crippen LogP contribution in [0.3, 0.4) is 0 Å². The Morgan fingerprint density at radius 1 is 1.38 bits per heavy atom. The predicted octanol–water partition coefficient (Wildman–Crippen LogP) is 1.78. The van der Waals surface area contributed by atoms with Gasteiger partial charge in [0.05, 0.1) is 18.0 Å². The van der Waals surface area contributed by atoms with Crippen molar-refractivity contribution in [2.45, 2.75) is 13.0 Å². The number of hydrogen-bond donors (Lipinski definition) is 0. The lowest BCUT2D eigenvalue weighted by atomic mass is 10.2. The minimum absolute atomic E-state index is 0.00893. The van der Waals surface area contributed by atoms with Crippen molar-refractivity contribution in [3.63, 3.8) is 0 Å². The molecule has 0 bridgehead atoms. The summed E-state index contributed by atoms with van der Waals surface area (Å²) in [5.74, 6) is -0.861. The van der Waals surface area contributed by atoms with Gasteiger partial charge in [0.1, 0.15) is 5.82 Å². The van der Waals surface area contributed by atoms with E-state index in [0.29, 0.717) is 5.56 Å². The molecule has 0 aromatic heterocycles. The zero-order valence-corrected chi connectivity index (χ0v) is 9.13. The molecule has 0 N–H and O–H groups in total. The average molecular weight is 242 g/mol. The molecule has 0 unspecified atom stereocenters. The molecule has 1 aromatic carbocycles. The van der Waals surface area contributed by atoms with Gasteiger partial charge in [-0.15, -0.1) is 0 Å². The number of likely N-dealkylation sites (tertiary alicyclic amines) is 1. The van der Waals surface area contributed by atoms with Crippen LogP contribution < -0.4 is 0 Å². The van der Waals surface area contributed by atoms with Crippen LogP contribution in [0.4, 0.5) is 4.39 Å². The van der Waals surface area contributed by atoms with Crippen LogP contribution in [0.1, 0.15) is 12.0 Å². The van der Waals surface area contributed by atoms with Crippen LogP contribution in [0.25, 0.3) is 0 Å². The lowest BCUT2D eigenvalue weighted by Gasteiger charge is -2.15. The molecule has 0 aliphatic carbocycles. The van der Waals surface area contributed by atoms with E-state index in [2.05, 4.69) is 0 Å². The molecule has 0 atom stereocenters. The van der Waals surface area contributed by atoms with E-state index >= 15 is 0 Å². The second-order valence-electron chi connectivity index (χ2n) is 3.68. The van der Waals surface area contributed by atoms with E-state index in [4.69, 9.17) is 11.6 Å². The molecule has 2 rings (SSSR count). The Balaban J connectivity index is 2.18. The van der Waals surface area contributed by atoms with Crippen molar-refractivity contribution in [3.05, 3.63) is 34.6 Å². The van der Waals surface area contributed by atoms with Crippen LogP contribution >= 0.6 is 11.6 Å². The van der Waals surface area contributed by atoms with Crippen LogP contribution in [0.15, 0.2) is 18.2 Å². The maximum atomic E-state index is 13.1. The molecular formula is C11H9ClFNO2. The molecule has 1 aromatic rings. The lowest BCUT2D eigenvalue weighted by Crippen LogP contribution is -2.24. The Morgan fingerprint density at radius 3 is 2.75 bits per heavy atom. The van der Waals surface area contributed by atoms with Crippen LogP contribution in [0.5, 0.6) is 0 Å². The Morgan fingerprint density at radius 2 is 2.12 bits per heavy atom. The van der Waals surface area contributed by atoms with Gasteiger partial charge in [-0.05, 0) is 11.6 Å². The van der Waals surface area contributed by atoms with Crippen molar-refractivity contribution in [2.75, 3.05) is 6.54 Å². The summed E-state index contributed by atoms with van der Waals surface area (Å²) < 4.78 is 13.1. The summed E-state index contributed by atoms with van der Waals surface area (Å²) in [4.78, 5) is 23.8. The first-order valence-corrected chi connectivity index (χ1v) is 5.18. The van der Waals surface area contributed by atoms with Crippen molar-refractivity contribution >= 4 is 23.3 Å². The second-order valence-corrected chi connectivity index (χ2v) is 4.06. The number of Topliss-reactive ketones (excluding diaryl/α,β-unsaturated/α-hetero) is 1. The summed E-state index contributed by atoms with van der Waals surface area (Å²) >= 11 is 5.76. The van der Waals surface area contributed by atoms with E-state index in [0.717, 1.165) is 0 Å². The molecule has 1 fully saturated rings. The van der Waals surface area contributed by atoms with Gasteiger partial charge >= 0.3 is 0 Å². The zero-order valence-electron chi connectivity index (χ0n) is 8.37. The lowest BCUT2D eigenvalue weighted by molar-refractivity contribution is -0.128. The van der Waals surface area contributed by atoms with Gasteiger partial charge in [-0.25, -0.2) is 4.39 Å². The Hall–Kier alpha value is -1.42. The van der Waals surface area contributed by atoms with Crippen molar-refractivity contribution < 1.29 is 14.0 Å². The molecule has 3 nitrogen and oxygen atoms in total. The molecular weight excluding hydrogens is 233 g/mol. The summed E-state index contributed by atoms with van der Waals surface area (Å²) in [5, 5.41) is 0.00893. The maximum absolute atomic E-state index is 13.1. The van der Waals surface area contributed by atoms with E-state index in [-0.39, 0.29) is 36.2 Å². The normalized spacial score (nSPS) is 16.0. The topological polar surface area (TPSA) is 37.4 Å². The Kier molecular flexibility index (Phi) is 2.92. The number of ketones is 1. The second kappa shape index (κ2) is 4.22. The van der Waals surface area contributed by atoms with E-state index in [1.807, 2.05) is 0 Å². The molecule has 1 aliphatic rings. The first-order chi connectivity index (χ1) is 7.58. The average Bonchev–Trinajstić information content (AvgIpc) is 2.53. The van der Waals surface area contributed by atoms with E-state index in [1.165, 1.54) is 17.0 Å². The van der Waals surface area contributed by atoms with Gasteiger partial charge in [-0.3, -0.25) is 9.59 Å². The maximum Gasteiger partial charge on any atom is 0.230 e. The smallest absolute Gasteiger partial charge is 0.230 e. The minimum atomic E-state index is -0.517. The summed E-state index contributed by atoms with van der Waals surface area (Å²) in [6, 6.07) is 4.42. The van der Waals surface area contributed by atoms with Crippen molar-refractivity contribution in [1.82, 2.24) is 4.90 Å². The van der Waals surface area contributed by atoms with Crippen LogP contribution in [0, 0.1) is 5.82 Å². The molecule has 84 valence electrons. The predicted molar refractivity (Wildman–Crippen MR) is 56.5 cm³/mol. The summed E-state index contributed by atoms with van der Waals surface area (Å²) in [5.41, 5.74) is 0.518. The third-order valence-electron chi connectivity index (χ3n) is 2.46. The molecule has 1 amide bonds. The quantitative estimate of drug-likeness (QED) is 0.741. The molecule has 16 heavy (non-hydrogen) atoms. The number of carbonyl (C=O) groups excluding carboxylic acids is 2. The third-order valence-corrected chi connectivity index (χ3v) is 2.88. The van der Waals surface area contributed by atoms with Gasteiger partial charge in [0.2, 0.25) is 5.91 Å². The molecule has 0 spiro atoms. The first kappa shape index (κ1) is 11.1. The van der Waals surface area contributed by atoms with E-state index in [9.17, 15) is 14.0 Å². The molecule has 0 saturated carbocycles.